The normalized spacial score (nSPS) is 30.4. The van der Waals surface area contributed by atoms with Crippen molar-refractivity contribution in [1.29, 1.82) is 0 Å². The fourth-order valence-corrected chi connectivity index (χ4v) is 4.24. The van der Waals surface area contributed by atoms with E-state index in [4.69, 9.17) is 0 Å². The fourth-order valence-electron chi connectivity index (χ4n) is 4.24. The summed E-state index contributed by atoms with van der Waals surface area (Å²) in [6.07, 6.45) is 8.83. The zero-order chi connectivity index (χ0) is 16.4. The van der Waals surface area contributed by atoms with E-state index in [1.807, 2.05) is 0 Å². The summed E-state index contributed by atoms with van der Waals surface area (Å²) >= 11 is 0. The van der Waals surface area contributed by atoms with Crippen molar-refractivity contribution in [2.75, 3.05) is 6.54 Å². The van der Waals surface area contributed by atoms with Crippen LogP contribution in [0.25, 0.3) is 0 Å². The van der Waals surface area contributed by atoms with Crippen LogP contribution >= 0.6 is 0 Å². The van der Waals surface area contributed by atoms with Crippen LogP contribution in [-0.2, 0) is 9.59 Å². The molecular weight excluding hydrogens is 294 g/mol. The Kier molecular flexibility index (Phi) is 4.60. The first-order valence-corrected chi connectivity index (χ1v) is 8.95. The number of urea groups is 1. The van der Waals surface area contributed by atoms with Gasteiger partial charge in [0, 0.05) is 6.04 Å². The quantitative estimate of drug-likeness (QED) is 0.780. The highest BCUT2D eigenvalue weighted by atomic mass is 16.2. The van der Waals surface area contributed by atoms with Gasteiger partial charge in [0.15, 0.2) is 0 Å². The standard InChI is InChI=1S/C17H27N3O3/c1-12-7-3-4-8-13(12)18-14(21)11-20-15(22)17(19-16(20)23)9-5-2-6-10-17/h12-13H,2-11H2,1H3,(H,18,21)(H,19,23). The average molecular weight is 321 g/mol. The van der Waals surface area contributed by atoms with Crippen molar-refractivity contribution in [2.45, 2.75) is 76.3 Å². The highest BCUT2D eigenvalue weighted by Crippen LogP contribution is 2.33. The molecule has 2 atom stereocenters. The molecule has 6 heteroatoms. The average Bonchev–Trinajstić information content (AvgIpc) is 2.75. The minimum absolute atomic E-state index is 0.157. The summed E-state index contributed by atoms with van der Waals surface area (Å²) in [7, 11) is 0. The third-order valence-electron chi connectivity index (χ3n) is 5.71. The number of carbonyl (C=O) groups is 3. The van der Waals surface area contributed by atoms with Gasteiger partial charge in [-0.2, -0.15) is 0 Å². The number of rotatable bonds is 3. The molecule has 0 radical (unpaired) electrons. The predicted molar refractivity (Wildman–Crippen MR) is 85.6 cm³/mol. The molecule has 1 spiro atoms. The molecule has 1 saturated heterocycles. The molecule has 128 valence electrons. The van der Waals surface area contributed by atoms with E-state index >= 15 is 0 Å². The lowest BCUT2D eigenvalue weighted by Gasteiger charge is -2.31. The lowest BCUT2D eigenvalue weighted by Crippen LogP contribution is -2.50. The van der Waals surface area contributed by atoms with Gasteiger partial charge in [0.05, 0.1) is 0 Å². The van der Waals surface area contributed by atoms with E-state index in [-0.39, 0.29) is 24.4 Å². The van der Waals surface area contributed by atoms with Crippen molar-refractivity contribution in [2.24, 2.45) is 5.92 Å². The van der Waals surface area contributed by atoms with Crippen molar-refractivity contribution in [3.63, 3.8) is 0 Å². The molecule has 2 N–H and O–H groups in total. The molecule has 3 aliphatic rings. The first-order valence-electron chi connectivity index (χ1n) is 8.95. The second kappa shape index (κ2) is 6.49. The Morgan fingerprint density at radius 3 is 2.57 bits per heavy atom. The Morgan fingerprint density at radius 2 is 1.87 bits per heavy atom. The molecule has 2 unspecified atom stereocenters. The van der Waals surface area contributed by atoms with Crippen molar-refractivity contribution in [1.82, 2.24) is 15.5 Å². The summed E-state index contributed by atoms with van der Waals surface area (Å²) in [4.78, 5) is 38.2. The fraction of sp³-hybridized carbons (Fsp3) is 0.824. The van der Waals surface area contributed by atoms with Crippen LogP contribution in [-0.4, -0.2) is 40.9 Å². The molecule has 3 rings (SSSR count). The zero-order valence-electron chi connectivity index (χ0n) is 13.9. The van der Waals surface area contributed by atoms with Gasteiger partial charge in [-0.25, -0.2) is 4.79 Å². The van der Waals surface area contributed by atoms with Gasteiger partial charge in [0.2, 0.25) is 5.91 Å². The number of nitrogens with zero attached hydrogens (tertiary/aromatic N) is 1. The summed E-state index contributed by atoms with van der Waals surface area (Å²) in [6.45, 7) is 1.99. The van der Waals surface area contributed by atoms with E-state index in [0.717, 1.165) is 43.4 Å². The van der Waals surface area contributed by atoms with Gasteiger partial charge >= 0.3 is 6.03 Å². The van der Waals surface area contributed by atoms with E-state index in [1.54, 1.807) is 0 Å². The molecule has 0 bridgehead atoms. The first kappa shape index (κ1) is 16.3. The highest BCUT2D eigenvalue weighted by Gasteiger charge is 2.51. The number of imide groups is 1. The zero-order valence-corrected chi connectivity index (χ0v) is 13.9. The molecule has 23 heavy (non-hydrogen) atoms. The van der Waals surface area contributed by atoms with Crippen molar-refractivity contribution in [3.8, 4) is 0 Å². The van der Waals surface area contributed by atoms with E-state index in [0.29, 0.717) is 18.8 Å². The van der Waals surface area contributed by atoms with Crippen LogP contribution in [0, 0.1) is 5.92 Å². The van der Waals surface area contributed by atoms with Gasteiger partial charge in [0.1, 0.15) is 12.1 Å². The summed E-state index contributed by atoms with van der Waals surface area (Å²) in [6, 6.07) is -0.246. The highest BCUT2D eigenvalue weighted by molar-refractivity contribution is 6.09. The van der Waals surface area contributed by atoms with Crippen LogP contribution in [0.5, 0.6) is 0 Å². The van der Waals surface area contributed by atoms with Crippen LogP contribution in [0.2, 0.25) is 0 Å². The van der Waals surface area contributed by atoms with Gasteiger partial charge in [-0.3, -0.25) is 14.5 Å². The number of carbonyl (C=O) groups excluding carboxylic acids is 3. The Hall–Kier alpha value is -1.59. The van der Waals surface area contributed by atoms with Gasteiger partial charge in [-0.05, 0) is 31.6 Å². The molecule has 0 aromatic rings. The molecule has 0 aromatic heterocycles. The number of hydrogen-bond acceptors (Lipinski definition) is 3. The largest absolute Gasteiger partial charge is 0.352 e. The predicted octanol–water partition coefficient (Wildman–Crippen LogP) is 1.94. The van der Waals surface area contributed by atoms with Crippen LogP contribution in [0.4, 0.5) is 4.79 Å². The Morgan fingerprint density at radius 1 is 1.17 bits per heavy atom. The molecule has 6 nitrogen and oxygen atoms in total. The van der Waals surface area contributed by atoms with Crippen molar-refractivity contribution >= 4 is 17.8 Å². The number of hydrogen-bond donors (Lipinski definition) is 2. The van der Waals surface area contributed by atoms with Crippen LogP contribution < -0.4 is 10.6 Å². The second-order valence-electron chi connectivity index (χ2n) is 7.40. The third-order valence-corrected chi connectivity index (χ3v) is 5.71. The third kappa shape index (κ3) is 3.21. The van der Waals surface area contributed by atoms with Crippen molar-refractivity contribution < 1.29 is 14.4 Å². The molecule has 1 aliphatic heterocycles. The minimum atomic E-state index is -0.742. The number of amides is 4. The van der Waals surface area contributed by atoms with Gasteiger partial charge in [0.25, 0.3) is 5.91 Å². The van der Waals surface area contributed by atoms with Crippen molar-refractivity contribution in [3.05, 3.63) is 0 Å². The molecule has 3 fully saturated rings. The molecule has 4 amide bonds. The van der Waals surface area contributed by atoms with E-state index in [2.05, 4.69) is 17.6 Å². The first-order chi connectivity index (χ1) is 11.0. The summed E-state index contributed by atoms with van der Waals surface area (Å²) in [5.41, 5.74) is -0.742. The van der Waals surface area contributed by atoms with E-state index in [1.165, 1.54) is 6.42 Å². The molecule has 0 aromatic carbocycles. The molecule has 1 heterocycles. The van der Waals surface area contributed by atoms with E-state index in [9.17, 15) is 14.4 Å². The Balaban J connectivity index is 1.59. The summed E-state index contributed by atoms with van der Waals surface area (Å²) in [5.74, 6) is 0.0228. The summed E-state index contributed by atoms with van der Waals surface area (Å²) < 4.78 is 0. The van der Waals surface area contributed by atoms with E-state index < -0.39 is 11.6 Å². The second-order valence-corrected chi connectivity index (χ2v) is 7.40. The van der Waals surface area contributed by atoms with Crippen LogP contribution in [0.15, 0.2) is 0 Å². The smallest absolute Gasteiger partial charge is 0.325 e. The monoisotopic (exact) mass is 321 g/mol. The maximum absolute atomic E-state index is 12.6. The minimum Gasteiger partial charge on any atom is -0.352 e. The topological polar surface area (TPSA) is 78.5 Å². The maximum Gasteiger partial charge on any atom is 0.325 e. The van der Waals surface area contributed by atoms with Crippen LogP contribution in [0.3, 0.4) is 0 Å². The van der Waals surface area contributed by atoms with Crippen LogP contribution in [0.1, 0.15) is 64.7 Å². The van der Waals surface area contributed by atoms with Gasteiger partial charge < -0.3 is 10.6 Å². The number of nitrogens with one attached hydrogen (secondary N) is 2. The molecule has 2 aliphatic carbocycles. The SMILES string of the molecule is CC1CCCCC1NC(=O)CN1C(=O)NC2(CCCCC2)C1=O. The maximum atomic E-state index is 12.6. The molecule has 2 saturated carbocycles. The van der Waals surface area contributed by atoms with Gasteiger partial charge in [-0.15, -0.1) is 0 Å². The molecular formula is C17H27N3O3. The Labute approximate surface area is 137 Å². The lowest BCUT2D eigenvalue weighted by molar-refractivity contribution is -0.136. The van der Waals surface area contributed by atoms with Gasteiger partial charge in [-0.1, -0.05) is 39.0 Å². The lowest BCUT2D eigenvalue weighted by atomic mass is 9.82. The Bertz CT molecular complexity index is 499. The summed E-state index contributed by atoms with van der Waals surface area (Å²) in [5, 5.41) is 5.86.